The van der Waals surface area contributed by atoms with Gasteiger partial charge >= 0.3 is 6.03 Å². The van der Waals surface area contributed by atoms with Crippen LogP contribution in [0, 0.1) is 25.5 Å². The Kier molecular flexibility index (Phi) is 5.02. The lowest BCUT2D eigenvalue weighted by Crippen LogP contribution is -2.28. The molecule has 0 spiro atoms. The minimum Gasteiger partial charge on any atom is -0.334 e. The predicted octanol–water partition coefficient (Wildman–Crippen LogP) is 4.69. The van der Waals surface area contributed by atoms with Crippen LogP contribution in [0.1, 0.15) is 17.0 Å². The van der Waals surface area contributed by atoms with E-state index in [9.17, 15) is 13.6 Å². The van der Waals surface area contributed by atoms with E-state index in [0.29, 0.717) is 12.2 Å². The first-order valence-electron chi connectivity index (χ1n) is 8.18. The summed E-state index contributed by atoms with van der Waals surface area (Å²) in [7, 11) is 0. The van der Waals surface area contributed by atoms with Crippen molar-refractivity contribution in [3.8, 4) is 5.69 Å². The van der Waals surface area contributed by atoms with Crippen LogP contribution in [0.2, 0.25) is 0 Å². The third kappa shape index (κ3) is 3.91. The molecule has 2 aromatic carbocycles. The largest absolute Gasteiger partial charge is 0.334 e. The first-order chi connectivity index (χ1) is 12.4. The highest BCUT2D eigenvalue weighted by atomic mass is 19.1. The highest BCUT2D eigenvalue weighted by Gasteiger charge is 2.12. The van der Waals surface area contributed by atoms with Gasteiger partial charge in [-0.15, -0.1) is 0 Å². The molecule has 4 nitrogen and oxygen atoms in total. The van der Waals surface area contributed by atoms with E-state index in [-0.39, 0.29) is 5.82 Å². The number of urea groups is 1. The molecule has 0 bridgehead atoms. The fourth-order valence-corrected chi connectivity index (χ4v) is 2.91. The topological polar surface area (TPSA) is 46.1 Å². The molecule has 3 rings (SSSR count). The molecule has 0 radical (unpaired) electrons. The number of hydrogen-bond donors (Lipinski definition) is 2. The average molecular weight is 355 g/mol. The van der Waals surface area contributed by atoms with Gasteiger partial charge in [-0.3, -0.25) is 0 Å². The molecule has 2 N–H and O–H groups in total. The smallest absolute Gasteiger partial charge is 0.319 e. The Hall–Kier alpha value is -3.15. The number of anilines is 1. The number of carbonyl (C=O) groups is 1. The second-order valence-electron chi connectivity index (χ2n) is 6.03. The van der Waals surface area contributed by atoms with Crippen molar-refractivity contribution >= 4 is 11.7 Å². The summed E-state index contributed by atoms with van der Waals surface area (Å²) in [6.07, 6.45) is 0. The Morgan fingerprint density at radius 3 is 2.42 bits per heavy atom. The zero-order valence-electron chi connectivity index (χ0n) is 14.5. The molecule has 6 heteroatoms. The molecule has 3 aromatic rings. The summed E-state index contributed by atoms with van der Waals surface area (Å²) < 4.78 is 28.3. The molecule has 1 heterocycles. The van der Waals surface area contributed by atoms with Gasteiger partial charge in [-0.25, -0.2) is 13.6 Å². The van der Waals surface area contributed by atoms with E-state index in [0.717, 1.165) is 22.6 Å². The van der Waals surface area contributed by atoms with Crippen molar-refractivity contribution in [3.63, 3.8) is 0 Å². The molecule has 0 unspecified atom stereocenters. The van der Waals surface area contributed by atoms with Gasteiger partial charge in [-0.05, 0) is 67.9 Å². The Balaban J connectivity index is 1.70. The normalized spacial score (nSPS) is 10.6. The van der Waals surface area contributed by atoms with Gasteiger partial charge in [0.2, 0.25) is 0 Å². The number of amides is 2. The lowest BCUT2D eigenvalue weighted by Gasteiger charge is -2.11. The number of aryl methyl sites for hydroxylation is 1. The van der Waals surface area contributed by atoms with Crippen molar-refractivity contribution in [2.24, 2.45) is 0 Å². The quantitative estimate of drug-likeness (QED) is 0.700. The maximum Gasteiger partial charge on any atom is 0.319 e. The molecule has 0 fully saturated rings. The number of aromatic nitrogens is 1. The van der Waals surface area contributed by atoms with Gasteiger partial charge in [-0.1, -0.05) is 6.07 Å². The van der Waals surface area contributed by atoms with Crippen LogP contribution >= 0.6 is 0 Å². The standard InChI is InChI=1S/C20H19F2N3O/c1-13-10-15(14(2)25(13)19-8-6-16(21)7-9-19)12-23-20(26)24-18-5-3-4-17(22)11-18/h3-11H,12H2,1-2H3,(H2,23,24,26). The maximum absolute atomic E-state index is 13.2. The number of nitrogens with zero attached hydrogens (tertiary/aromatic N) is 1. The molecule has 0 saturated heterocycles. The first-order valence-corrected chi connectivity index (χ1v) is 8.18. The van der Waals surface area contributed by atoms with E-state index in [4.69, 9.17) is 0 Å². The third-order valence-corrected chi connectivity index (χ3v) is 4.14. The minimum atomic E-state index is -0.415. The van der Waals surface area contributed by atoms with Gasteiger partial charge in [-0.2, -0.15) is 0 Å². The Morgan fingerprint density at radius 1 is 1.00 bits per heavy atom. The molecule has 0 atom stereocenters. The Bertz CT molecular complexity index is 933. The molecule has 0 aliphatic carbocycles. The van der Waals surface area contributed by atoms with Gasteiger partial charge in [0.15, 0.2) is 0 Å². The highest BCUT2D eigenvalue weighted by molar-refractivity contribution is 5.89. The summed E-state index contributed by atoms with van der Waals surface area (Å²) in [6.45, 7) is 4.21. The molecule has 0 aliphatic rings. The summed E-state index contributed by atoms with van der Waals surface area (Å²) in [6, 6.07) is 13.5. The predicted molar refractivity (Wildman–Crippen MR) is 97.5 cm³/mol. The zero-order chi connectivity index (χ0) is 18.7. The summed E-state index contributed by atoms with van der Waals surface area (Å²) in [5.41, 5.74) is 4.13. The number of nitrogens with one attached hydrogen (secondary N) is 2. The lowest BCUT2D eigenvalue weighted by atomic mass is 10.2. The van der Waals surface area contributed by atoms with Crippen LogP contribution in [-0.4, -0.2) is 10.6 Å². The van der Waals surface area contributed by atoms with Crippen LogP contribution in [0.25, 0.3) is 5.69 Å². The lowest BCUT2D eigenvalue weighted by molar-refractivity contribution is 0.251. The summed E-state index contributed by atoms with van der Waals surface area (Å²) in [5, 5.41) is 5.36. The van der Waals surface area contributed by atoms with Crippen LogP contribution < -0.4 is 10.6 Å². The fraction of sp³-hybridized carbons (Fsp3) is 0.150. The van der Waals surface area contributed by atoms with Crippen molar-refractivity contribution in [2.75, 3.05) is 5.32 Å². The summed E-state index contributed by atoms with van der Waals surface area (Å²) in [4.78, 5) is 12.0. The molecule has 2 amide bonds. The number of rotatable bonds is 4. The molecule has 134 valence electrons. The molecule has 26 heavy (non-hydrogen) atoms. The van der Waals surface area contributed by atoms with E-state index in [1.807, 2.05) is 24.5 Å². The zero-order valence-corrected chi connectivity index (χ0v) is 14.5. The second-order valence-corrected chi connectivity index (χ2v) is 6.03. The van der Waals surface area contributed by atoms with Crippen molar-refractivity contribution in [1.29, 1.82) is 0 Å². The van der Waals surface area contributed by atoms with E-state index < -0.39 is 11.8 Å². The van der Waals surface area contributed by atoms with E-state index in [1.165, 1.54) is 30.3 Å². The monoisotopic (exact) mass is 355 g/mol. The van der Waals surface area contributed by atoms with E-state index >= 15 is 0 Å². The Labute approximate surface area is 150 Å². The molecular formula is C20H19F2N3O. The van der Waals surface area contributed by atoms with Crippen molar-refractivity contribution < 1.29 is 13.6 Å². The van der Waals surface area contributed by atoms with Gasteiger partial charge in [0.25, 0.3) is 0 Å². The van der Waals surface area contributed by atoms with Gasteiger partial charge in [0.05, 0.1) is 0 Å². The van der Waals surface area contributed by atoms with Gasteiger partial charge in [0, 0.05) is 29.3 Å². The summed E-state index contributed by atoms with van der Waals surface area (Å²) >= 11 is 0. The third-order valence-electron chi connectivity index (χ3n) is 4.14. The van der Waals surface area contributed by atoms with Crippen molar-refractivity contribution in [1.82, 2.24) is 9.88 Å². The fourth-order valence-electron chi connectivity index (χ4n) is 2.91. The highest BCUT2D eigenvalue weighted by Crippen LogP contribution is 2.21. The summed E-state index contributed by atoms with van der Waals surface area (Å²) in [5.74, 6) is -0.697. The van der Waals surface area contributed by atoms with E-state index in [2.05, 4.69) is 10.6 Å². The van der Waals surface area contributed by atoms with Gasteiger partial charge < -0.3 is 15.2 Å². The van der Waals surface area contributed by atoms with Crippen molar-refractivity contribution in [3.05, 3.63) is 83.2 Å². The number of benzene rings is 2. The minimum absolute atomic E-state index is 0.285. The number of carbonyl (C=O) groups excluding carboxylic acids is 1. The maximum atomic E-state index is 13.2. The van der Waals surface area contributed by atoms with Crippen LogP contribution in [0.15, 0.2) is 54.6 Å². The van der Waals surface area contributed by atoms with Gasteiger partial charge in [0.1, 0.15) is 11.6 Å². The average Bonchev–Trinajstić information content (AvgIpc) is 2.88. The van der Waals surface area contributed by atoms with Crippen LogP contribution in [0.5, 0.6) is 0 Å². The molecular weight excluding hydrogens is 336 g/mol. The van der Waals surface area contributed by atoms with Crippen LogP contribution in [-0.2, 0) is 6.54 Å². The van der Waals surface area contributed by atoms with E-state index in [1.54, 1.807) is 18.2 Å². The SMILES string of the molecule is Cc1cc(CNC(=O)Nc2cccc(F)c2)c(C)n1-c1ccc(F)cc1. The Morgan fingerprint density at radius 2 is 1.73 bits per heavy atom. The molecule has 0 aliphatic heterocycles. The van der Waals surface area contributed by atoms with Crippen molar-refractivity contribution in [2.45, 2.75) is 20.4 Å². The second kappa shape index (κ2) is 7.39. The van der Waals surface area contributed by atoms with Crippen LogP contribution in [0.3, 0.4) is 0 Å². The number of hydrogen-bond acceptors (Lipinski definition) is 1. The molecule has 1 aromatic heterocycles. The molecule has 0 saturated carbocycles. The first kappa shape index (κ1) is 17.7. The number of halogens is 2. The van der Waals surface area contributed by atoms with Crippen LogP contribution in [0.4, 0.5) is 19.3 Å².